The average molecular weight is 636 g/mol. The predicted molar refractivity (Wildman–Crippen MR) is 179 cm³/mol. The van der Waals surface area contributed by atoms with Gasteiger partial charge in [-0.15, -0.1) is 0 Å². The third-order valence-corrected chi connectivity index (χ3v) is 7.94. The number of fused-ring (bicyclic) bond motifs is 2. The van der Waals surface area contributed by atoms with Crippen LogP contribution in [0.5, 0.6) is 23.0 Å². The van der Waals surface area contributed by atoms with E-state index in [1.807, 2.05) is 49.4 Å². The van der Waals surface area contributed by atoms with Gasteiger partial charge in [-0.3, -0.25) is 4.79 Å². The molecule has 0 aliphatic heterocycles. The number of methoxy groups -OCH3 is 3. The van der Waals surface area contributed by atoms with Crippen molar-refractivity contribution in [2.24, 2.45) is 0 Å². The number of ether oxygens (including phenoxy) is 5. The predicted octanol–water partition coefficient (Wildman–Crippen LogP) is 6.64. The lowest BCUT2D eigenvalue weighted by Crippen LogP contribution is -2.35. The van der Waals surface area contributed by atoms with E-state index >= 15 is 0 Å². The number of nitriles is 1. The molecule has 47 heavy (non-hydrogen) atoms. The molecule has 0 radical (unpaired) electrons. The SMILES string of the molecule is CCOc1ccc(N(CCC#N)C(=O)COC(=O)c2c3c(nc4ccccc24)/C(=C\c2cc(OC)c(OC)c(OC)c2)CCC3)cc1. The number of rotatable bonds is 12. The quantitative estimate of drug-likeness (QED) is 0.158. The Hall–Kier alpha value is -5.56. The van der Waals surface area contributed by atoms with Crippen molar-refractivity contribution in [2.45, 2.75) is 32.6 Å². The fourth-order valence-corrected chi connectivity index (χ4v) is 5.82. The Labute approximate surface area is 274 Å². The number of amides is 1. The Morgan fingerprint density at radius 2 is 1.70 bits per heavy atom. The smallest absolute Gasteiger partial charge is 0.339 e. The number of hydrogen-bond acceptors (Lipinski definition) is 9. The molecule has 1 aromatic heterocycles. The highest BCUT2D eigenvalue weighted by Crippen LogP contribution is 2.41. The zero-order valence-corrected chi connectivity index (χ0v) is 27.0. The average Bonchev–Trinajstić information content (AvgIpc) is 3.10. The Kier molecular flexibility index (Phi) is 10.6. The molecule has 242 valence electrons. The minimum absolute atomic E-state index is 0.121. The third kappa shape index (κ3) is 7.15. The molecule has 5 rings (SSSR count). The number of carbonyl (C=O) groups excluding carboxylic acids is 2. The second-order valence-electron chi connectivity index (χ2n) is 10.8. The second kappa shape index (κ2) is 15.1. The van der Waals surface area contributed by atoms with Gasteiger partial charge in [0.15, 0.2) is 18.1 Å². The van der Waals surface area contributed by atoms with E-state index in [0.29, 0.717) is 63.9 Å². The molecule has 10 nitrogen and oxygen atoms in total. The molecule has 10 heteroatoms. The van der Waals surface area contributed by atoms with Gasteiger partial charge in [-0.1, -0.05) is 18.2 Å². The van der Waals surface area contributed by atoms with Crippen LogP contribution in [0.2, 0.25) is 0 Å². The minimum Gasteiger partial charge on any atom is -0.494 e. The van der Waals surface area contributed by atoms with Crippen LogP contribution in [0.25, 0.3) is 22.6 Å². The number of benzene rings is 3. The van der Waals surface area contributed by atoms with Crippen LogP contribution in [0.15, 0.2) is 60.7 Å². The summed E-state index contributed by atoms with van der Waals surface area (Å²) in [6.45, 7) is 2.07. The van der Waals surface area contributed by atoms with E-state index in [4.69, 9.17) is 28.7 Å². The molecule has 0 saturated carbocycles. The molecule has 1 heterocycles. The summed E-state index contributed by atoms with van der Waals surface area (Å²) >= 11 is 0. The van der Waals surface area contributed by atoms with Crippen LogP contribution in [0.3, 0.4) is 0 Å². The zero-order chi connectivity index (χ0) is 33.3. The Morgan fingerprint density at radius 1 is 0.979 bits per heavy atom. The molecule has 0 fully saturated rings. The fraction of sp³-hybridized carbons (Fsp3) is 0.297. The topological polar surface area (TPSA) is 120 Å². The molecule has 0 saturated heterocycles. The van der Waals surface area contributed by atoms with Gasteiger partial charge in [-0.2, -0.15) is 5.26 Å². The van der Waals surface area contributed by atoms with Gasteiger partial charge in [0.2, 0.25) is 5.75 Å². The standard InChI is InChI=1S/C37H37N3O7/c1-5-46-27-16-14-26(15-17-27)40(19-9-18-38)33(41)23-47-37(42)34-28-11-6-7-13-30(28)39-35-25(10-8-12-29(34)35)20-24-21-31(43-2)36(45-4)32(22-24)44-3/h6-7,11,13-17,20-22H,5,8-10,12,19,23H2,1-4H3/b25-20-. The largest absolute Gasteiger partial charge is 0.494 e. The van der Waals surface area contributed by atoms with Gasteiger partial charge in [-0.25, -0.2) is 9.78 Å². The lowest BCUT2D eigenvalue weighted by atomic mass is 9.86. The summed E-state index contributed by atoms with van der Waals surface area (Å²) in [5, 5.41) is 9.86. The molecule has 1 aliphatic carbocycles. The first-order valence-corrected chi connectivity index (χ1v) is 15.4. The van der Waals surface area contributed by atoms with Gasteiger partial charge in [0, 0.05) is 17.6 Å². The van der Waals surface area contributed by atoms with Crippen LogP contribution < -0.4 is 23.8 Å². The van der Waals surface area contributed by atoms with Crippen molar-refractivity contribution in [3.63, 3.8) is 0 Å². The van der Waals surface area contributed by atoms with Crippen LogP contribution in [0.4, 0.5) is 5.69 Å². The molecule has 1 aliphatic rings. The van der Waals surface area contributed by atoms with Crippen LogP contribution in [-0.4, -0.2) is 57.9 Å². The van der Waals surface area contributed by atoms with Crippen molar-refractivity contribution in [3.8, 4) is 29.1 Å². The summed E-state index contributed by atoms with van der Waals surface area (Å²) in [5.74, 6) is 1.19. The van der Waals surface area contributed by atoms with Crippen molar-refractivity contribution in [1.29, 1.82) is 5.26 Å². The lowest BCUT2D eigenvalue weighted by Gasteiger charge is -2.24. The van der Waals surface area contributed by atoms with Gasteiger partial charge in [0.05, 0.1) is 57.2 Å². The normalized spacial score (nSPS) is 13.0. The summed E-state index contributed by atoms with van der Waals surface area (Å²) in [5.41, 5.74) is 4.91. The van der Waals surface area contributed by atoms with E-state index < -0.39 is 18.5 Å². The van der Waals surface area contributed by atoms with E-state index in [2.05, 4.69) is 6.07 Å². The maximum absolute atomic E-state index is 13.9. The number of para-hydroxylation sites is 1. The van der Waals surface area contributed by atoms with Crippen molar-refractivity contribution in [3.05, 3.63) is 83.0 Å². The minimum atomic E-state index is -0.603. The van der Waals surface area contributed by atoms with E-state index in [1.165, 1.54) is 4.90 Å². The number of hydrogen-bond donors (Lipinski definition) is 0. The molecule has 3 aromatic carbocycles. The maximum Gasteiger partial charge on any atom is 0.339 e. The van der Waals surface area contributed by atoms with Gasteiger partial charge < -0.3 is 28.6 Å². The highest BCUT2D eigenvalue weighted by atomic mass is 16.5. The van der Waals surface area contributed by atoms with Crippen molar-refractivity contribution >= 4 is 40.1 Å². The molecule has 1 amide bonds. The number of carbonyl (C=O) groups is 2. The lowest BCUT2D eigenvalue weighted by molar-refractivity contribution is -0.121. The van der Waals surface area contributed by atoms with Crippen LogP contribution >= 0.6 is 0 Å². The van der Waals surface area contributed by atoms with Gasteiger partial charge in [-0.05, 0) is 91.4 Å². The van der Waals surface area contributed by atoms with Gasteiger partial charge in [0.1, 0.15) is 5.75 Å². The molecule has 4 aromatic rings. The number of pyridine rings is 1. The number of esters is 1. The molecule has 0 N–H and O–H groups in total. The zero-order valence-electron chi connectivity index (χ0n) is 27.0. The Morgan fingerprint density at radius 3 is 2.36 bits per heavy atom. The molecule has 0 unspecified atom stereocenters. The van der Waals surface area contributed by atoms with E-state index in [1.54, 1.807) is 45.6 Å². The Balaban J connectivity index is 1.47. The first-order valence-electron chi connectivity index (χ1n) is 15.4. The highest BCUT2D eigenvalue weighted by Gasteiger charge is 2.27. The molecule has 0 spiro atoms. The van der Waals surface area contributed by atoms with Crippen molar-refractivity contribution < 1.29 is 33.3 Å². The summed E-state index contributed by atoms with van der Waals surface area (Å²) in [6, 6.07) is 20.3. The van der Waals surface area contributed by atoms with E-state index in [9.17, 15) is 14.9 Å². The van der Waals surface area contributed by atoms with Crippen LogP contribution in [0.1, 0.15) is 53.4 Å². The van der Waals surface area contributed by atoms with Gasteiger partial charge >= 0.3 is 5.97 Å². The number of aromatic nitrogens is 1. The number of allylic oxidation sites excluding steroid dienone is 1. The summed E-state index contributed by atoms with van der Waals surface area (Å²) in [7, 11) is 4.70. The molecular weight excluding hydrogens is 598 g/mol. The first kappa shape index (κ1) is 32.8. The monoisotopic (exact) mass is 635 g/mol. The molecule has 0 atom stereocenters. The van der Waals surface area contributed by atoms with E-state index in [-0.39, 0.29) is 13.0 Å². The summed E-state index contributed by atoms with van der Waals surface area (Å²) in [4.78, 5) is 33.7. The fourth-order valence-electron chi connectivity index (χ4n) is 5.82. The van der Waals surface area contributed by atoms with E-state index in [0.717, 1.165) is 29.5 Å². The highest BCUT2D eigenvalue weighted by molar-refractivity contribution is 6.07. The van der Waals surface area contributed by atoms with Crippen molar-refractivity contribution in [2.75, 3.05) is 46.0 Å². The summed E-state index contributed by atoms with van der Waals surface area (Å²) < 4.78 is 27.8. The Bertz CT molecular complexity index is 1820. The van der Waals surface area contributed by atoms with Crippen LogP contribution in [-0.2, 0) is 16.0 Å². The first-order chi connectivity index (χ1) is 22.9. The number of nitrogens with zero attached hydrogens (tertiary/aromatic N) is 3. The third-order valence-electron chi connectivity index (χ3n) is 7.94. The van der Waals surface area contributed by atoms with Crippen molar-refractivity contribution in [1.82, 2.24) is 4.98 Å². The number of anilines is 1. The van der Waals surface area contributed by atoms with Crippen LogP contribution in [0, 0.1) is 11.3 Å². The molecular formula is C37H37N3O7. The second-order valence-corrected chi connectivity index (χ2v) is 10.8. The maximum atomic E-state index is 13.9. The summed E-state index contributed by atoms with van der Waals surface area (Å²) in [6.07, 6.45) is 4.31. The molecule has 0 bridgehead atoms. The van der Waals surface area contributed by atoms with Gasteiger partial charge in [0.25, 0.3) is 5.91 Å².